The van der Waals surface area contributed by atoms with E-state index in [1.165, 1.54) is 7.11 Å². The standard InChI is InChI=1S/C7H13BrO2/c1-4-6(8)5-7(2,9)10-3/h5,9H,4H2,1-3H3/b6-5+. The smallest absolute Gasteiger partial charge is 0.183 e. The van der Waals surface area contributed by atoms with Crippen LogP contribution in [0.4, 0.5) is 0 Å². The Morgan fingerprint density at radius 3 is 2.60 bits per heavy atom. The first-order valence-corrected chi connectivity index (χ1v) is 3.96. The summed E-state index contributed by atoms with van der Waals surface area (Å²) in [7, 11) is 1.46. The van der Waals surface area contributed by atoms with Gasteiger partial charge in [0.05, 0.1) is 0 Å². The number of halogens is 1. The molecule has 2 nitrogen and oxygen atoms in total. The first-order valence-electron chi connectivity index (χ1n) is 3.16. The maximum absolute atomic E-state index is 9.30. The molecular formula is C7H13BrO2. The van der Waals surface area contributed by atoms with E-state index < -0.39 is 5.79 Å². The van der Waals surface area contributed by atoms with Crippen LogP contribution in [0, 0.1) is 0 Å². The largest absolute Gasteiger partial charge is 0.362 e. The summed E-state index contributed by atoms with van der Waals surface area (Å²) in [5, 5.41) is 9.30. The molecule has 1 N–H and O–H groups in total. The lowest BCUT2D eigenvalue weighted by Crippen LogP contribution is -2.23. The Morgan fingerprint density at radius 1 is 1.80 bits per heavy atom. The molecule has 10 heavy (non-hydrogen) atoms. The third-order valence-electron chi connectivity index (χ3n) is 1.18. The number of hydrogen-bond acceptors (Lipinski definition) is 2. The van der Waals surface area contributed by atoms with Crippen LogP contribution in [0.2, 0.25) is 0 Å². The maximum atomic E-state index is 9.30. The van der Waals surface area contributed by atoms with Crippen molar-refractivity contribution in [2.24, 2.45) is 0 Å². The molecule has 0 aromatic heterocycles. The molecule has 0 radical (unpaired) electrons. The van der Waals surface area contributed by atoms with Gasteiger partial charge in [-0.05, 0) is 23.9 Å². The van der Waals surface area contributed by atoms with Gasteiger partial charge in [-0.2, -0.15) is 0 Å². The van der Waals surface area contributed by atoms with Crippen LogP contribution >= 0.6 is 15.9 Å². The first-order chi connectivity index (χ1) is 4.52. The van der Waals surface area contributed by atoms with Crippen LogP contribution in [0.3, 0.4) is 0 Å². The van der Waals surface area contributed by atoms with Gasteiger partial charge >= 0.3 is 0 Å². The topological polar surface area (TPSA) is 29.5 Å². The molecule has 1 atom stereocenters. The predicted octanol–water partition coefficient (Wildman–Crippen LogP) is 2.03. The van der Waals surface area contributed by atoms with Gasteiger partial charge in [-0.3, -0.25) is 0 Å². The van der Waals surface area contributed by atoms with Gasteiger partial charge in [-0.1, -0.05) is 22.9 Å². The van der Waals surface area contributed by atoms with Crippen molar-refractivity contribution in [1.29, 1.82) is 0 Å². The fourth-order valence-electron chi connectivity index (χ4n) is 0.452. The van der Waals surface area contributed by atoms with E-state index in [2.05, 4.69) is 15.9 Å². The van der Waals surface area contributed by atoms with Crippen molar-refractivity contribution < 1.29 is 9.84 Å². The highest BCUT2D eigenvalue weighted by molar-refractivity contribution is 9.11. The number of methoxy groups -OCH3 is 1. The molecule has 0 spiro atoms. The quantitative estimate of drug-likeness (QED) is 0.720. The molecule has 0 saturated carbocycles. The van der Waals surface area contributed by atoms with Crippen LogP contribution in [0.5, 0.6) is 0 Å². The molecule has 0 heterocycles. The summed E-state index contributed by atoms with van der Waals surface area (Å²) in [4.78, 5) is 0. The van der Waals surface area contributed by atoms with Crippen LogP contribution in [0.15, 0.2) is 10.6 Å². The Hall–Kier alpha value is 0.140. The molecule has 0 fully saturated rings. The minimum absolute atomic E-state index is 0.861. The first kappa shape index (κ1) is 10.1. The van der Waals surface area contributed by atoms with Crippen LogP contribution in [0.25, 0.3) is 0 Å². The van der Waals surface area contributed by atoms with E-state index in [4.69, 9.17) is 4.74 Å². The monoisotopic (exact) mass is 208 g/mol. The summed E-state index contributed by atoms with van der Waals surface area (Å²) in [5.41, 5.74) is 0. The zero-order valence-corrected chi connectivity index (χ0v) is 8.10. The maximum Gasteiger partial charge on any atom is 0.183 e. The van der Waals surface area contributed by atoms with Crippen molar-refractivity contribution in [3.8, 4) is 0 Å². The minimum Gasteiger partial charge on any atom is -0.362 e. The van der Waals surface area contributed by atoms with Gasteiger partial charge in [0.2, 0.25) is 0 Å². The molecule has 0 aliphatic heterocycles. The van der Waals surface area contributed by atoms with E-state index >= 15 is 0 Å². The highest BCUT2D eigenvalue weighted by Crippen LogP contribution is 2.16. The fraction of sp³-hybridized carbons (Fsp3) is 0.714. The normalized spacial score (nSPS) is 18.7. The average Bonchev–Trinajstić information content (AvgIpc) is 1.87. The van der Waals surface area contributed by atoms with Crippen LogP contribution < -0.4 is 0 Å². The van der Waals surface area contributed by atoms with Crippen LogP contribution in [-0.4, -0.2) is 18.0 Å². The summed E-state index contributed by atoms with van der Waals surface area (Å²) in [6.07, 6.45) is 2.49. The molecule has 60 valence electrons. The lowest BCUT2D eigenvalue weighted by Gasteiger charge is -2.16. The van der Waals surface area contributed by atoms with Gasteiger partial charge in [0.15, 0.2) is 5.79 Å². The summed E-state index contributed by atoms with van der Waals surface area (Å²) < 4.78 is 5.70. The zero-order chi connectivity index (χ0) is 8.20. The highest BCUT2D eigenvalue weighted by atomic mass is 79.9. The number of hydrogen-bond donors (Lipinski definition) is 1. The SMILES string of the molecule is CC/C(Br)=C\C(C)(O)OC. The Balaban J connectivity index is 4.09. The zero-order valence-electron chi connectivity index (χ0n) is 6.52. The van der Waals surface area contributed by atoms with E-state index in [1.54, 1.807) is 13.0 Å². The second kappa shape index (κ2) is 4.11. The highest BCUT2D eigenvalue weighted by Gasteiger charge is 2.14. The van der Waals surface area contributed by atoms with Gasteiger partial charge in [0.1, 0.15) is 0 Å². The minimum atomic E-state index is -1.14. The van der Waals surface area contributed by atoms with Gasteiger partial charge < -0.3 is 9.84 Å². The molecule has 0 rings (SSSR count). The second-order valence-corrected chi connectivity index (χ2v) is 3.22. The molecule has 0 amide bonds. The van der Waals surface area contributed by atoms with Gasteiger partial charge in [0.25, 0.3) is 0 Å². The van der Waals surface area contributed by atoms with E-state index in [9.17, 15) is 5.11 Å². The Kier molecular flexibility index (Phi) is 4.17. The summed E-state index contributed by atoms with van der Waals surface area (Å²) in [6, 6.07) is 0. The van der Waals surface area contributed by atoms with E-state index in [0.29, 0.717) is 0 Å². The third-order valence-corrected chi connectivity index (χ3v) is 1.97. The molecule has 0 bridgehead atoms. The number of ether oxygens (including phenoxy) is 1. The molecule has 0 aromatic rings. The van der Waals surface area contributed by atoms with E-state index in [-0.39, 0.29) is 0 Å². The lowest BCUT2D eigenvalue weighted by molar-refractivity contribution is -0.130. The van der Waals surface area contributed by atoms with Crippen LogP contribution in [0.1, 0.15) is 20.3 Å². The molecule has 3 heteroatoms. The van der Waals surface area contributed by atoms with Gasteiger partial charge in [-0.25, -0.2) is 0 Å². The lowest BCUT2D eigenvalue weighted by atomic mass is 10.3. The van der Waals surface area contributed by atoms with Crippen LogP contribution in [-0.2, 0) is 4.74 Å². The summed E-state index contributed by atoms with van der Waals surface area (Å²) >= 11 is 3.27. The number of rotatable bonds is 3. The predicted molar refractivity (Wildman–Crippen MR) is 44.9 cm³/mol. The Labute approximate surface area is 70.0 Å². The molecule has 0 aliphatic carbocycles. The van der Waals surface area contributed by atoms with Gasteiger partial charge in [-0.15, -0.1) is 0 Å². The van der Waals surface area contributed by atoms with Crippen molar-refractivity contribution in [1.82, 2.24) is 0 Å². The molecule has 0 aromatic carbocycles. The molecular weight excluding hydrogens is 196 g/mol. The third kappa shape index (κ3) is 4.04. The van der Waals surface area contributed by atoms with Crippen molar-refractivity contribution in [3.05, 3.63) is 10.6 Å². The van der Waals surface area contributed by atoms with Crippen molar-refractivity contribution in [2.45, 2.75) is 26.1 Å². The van der Waals surface area contributed by atoms with Crippen molar-refractivity contribution in [3.63, 3.8) is 0 Å². The van der Waals surface area contributed by atoms with Crippen molar-refractivity contribution >= 4 is 15.9 Å². The average molecular weight is 209 g/mol. The second-order valence-electron chi connectivity index (χ2n) is 2.20. The van der Waals surface area contributed by atoms with E-state index in [1.807, 2.05) is 6.92 Å². The molecule has 0 aliphatic rings. The Morgan fingerprint density at radius 2 is 2.30 bits per heavy atom. The molecule has 0 saturated heterocycles. The van der Waals surface area contributed by atoms with Crippen molar-refractivity contribution in [2.75, 3.05) is 7.11 Å². The summed E-state index contributed by atoms with van der Waals surface area (Å²) in [5.74, 6) is -1.14. The Bertz CT molecular complexity index is 130. The fourth-order valence-corrected chi connectivity index (χ4v) is 0.876. The van der Waals surface area contributed by atoms with E-state index in [0.717, 1.165) is 10.9 Å². The number of allylic oxidation sites excluding steroid dienone is 1. The molecule has 1 unspecified atom stereocenters. The summed E-state index contributed by atoms with van der Waals surface area (Å²) in [6.45, 7) is 3.58. The number of aliphatic hydroxyl groups is 1. The van der Waals surface area contributed by atoms with Gasteiger partial charge in [0, 0.05) is 7.11 Å².